The van der Waals surface area contributed by atoms with Crippen molar-refractivity contribution in [3.05, 3.63) is 85.9 Å². The molecule has 0 unspecified atom stereocenters. The smallest absolute Gasteiger partial charge is 0.261 e. The number of thiophene rings is 1. The number of pyridine rings is 1. The Labute approximate surface area is 206 Å². The molecule has 0 radical (unpaired) electrons. The first-order chi connectivity index (χ1) is 16.4. The number of hydrogen-bond donors (Lipinski definition) is 2. The van der Waals surface area contributed by atoms with Crippen molar-refractivity contribution in [3.63, 3.8) is 0 Å². The van der Waals surface area contributed by atoms with Crippen LogP contribution in [0.1, 0.15) is 39.8 Å². The molecule has 0 spiro atoms. The summed E-state index contributed by atoms with van der Waals surface area (Å²) in [6.07, 6.45) is 3.10. The molecule has 2 amide bonds. The predicted octanol–water partition coefficient (Wildman–Crippen LogP) is 3.90. The number of nitrogens with one attached hydrogen (secondary N) is 2. The SMILES string of the molecule is CCOC[C@@H]1C[C@@H](NC(=O)c2ccc(-n3ccccc3=O)cc2)[C@H](NC(=O)c2ccc(Cl)s2)C1. The molecule has 1 aliphatic carbocycles. The minimum Gasteiger partial charge on any atom is -0.381 e. The normalized spacial score (nSPS) is 19.6. The lowest BCUT2D eigenvalue weighted by Crippen LogP contribution is -2.48. The van der Waals surface area contributed by atoms with Crippen molar-refractivity contribution in [3.8, 4) is 5.69 Å². The van der Waals surface area contributed by atoms with Gasteiger partial charge in [-0.25, -0.2) is 0 Å². The van der Waals surface area contributed by atoms with Gasteiger partial charge in [-0.1, -0.05) is 17.7 Å². The van der Waals surface area contributed by atoms with Crippen molar-refractivity contribution in [1.82, 2.24) is 15.2 Å². The van der Waals surface area contributed by atoms with E-state index in [-0.39, 0.29) is 35.4 Å². The van der Waals surface area contributed by atoms with Crippen LogP contribution in [0.4, 0.5) is 0 Å². The van der Waals surface area contributed by atoms with Gasteiger partial charge in [0.25, 0.3) is 17.4 Å². The topological polar surface area (TPSA) is 89.4 Å². The Hall–Kier alpha value is -2.94. The van der Waals surface area contributed by atoms with E-state index in [2.05, 4.69) is 10.6 Å². The molecule has 2 N–H and O–H groups in total. The molecule has 3 atom stereocenters. The van der Waals surface area contributed by atoms with Crippen LogP contribution in [-0.2, 0) is 4.74 Å². The van der Waals surface area contributed by atoms with E-state index in [0.717, 1.165) is 0 Å². The summed E-state index contributed by atoms with van der Waals surface area (Å²) in [7, 11) is 0. The quantitative estimate of drug-likeness (QED) is 0.492. The van der Waals surface area contributed by atoms with Crippen molar-refractivity contribution in [1.29, 1.82) is 0 Å². The Bertz CT molecular complexity index is 1210. The molecule has 1 saturated carbocycles. The van der Waals surface area contributed by atoms with Crippen molar-refractivity contribution >= 4 is 34.8 Å². The average molecular weight is 500 g/mol. The molecule has 0 saturated heterocycles. The maximum Gasteiger partial charge on any atom is 0.261 e. The molecular weight excluding hydrogens is 474 g/mol. The number of benzene rings is 1. The molecule has 0 aliphatic heterocycles. The van der Waals surface area contributed by atoms with Gasteiger partial charge in [0.15, 0.2) is 0 Å². The zero-order valence-corrected chi connectivity index (χ0v) is 20.3. The van der Waals surface area contributed by atoms with Gasteiger partial charge in [-0.3, -0.25) is 19.0 Å². The minimum atomic E-state index is -0.229. The number of rotatable bonds is 8. The summed E-state index contributed by atoms with van der Waals surface area (Å²) in [5.74, 6) is -0.196. The molecule has 1 aromatic carbocycles. The monoisotopic (exact) mass is 499 g/mol. The van der Waals surface area contributed by atoms with E-state index in [1.54, 1.807) is 54.7 Å². The highest BCUT2D eigenvalue weighted by Gasteiger charge is 2.36. The third kappa shape index (κ3) is 5.75. The summed E-state index contributed by atoms with van der Waals surface area (Å²) in [6, 6.07) is 14.8. The van der Waals surface area contributed by atoms with Crippen LogP contribution in [-0.4, -0.2) is 41.7 Å². The summed E-state index contributed by atoms with van der Waals surface area (Å²) in [5, 5.41) is 6.15. The Balaban J connectivity index is 1.45. The standard InChI is InChI=1S/C25H26ClN3O4S/c1-2-33-15-16-13-19(20(14-16)28-25(32)21-10-11-22(26)34-21)27-24(31)17-6-8-18(9-7-17)29-12-4-3-5-23(29)30/h3-12,16,19-20H,2,13-15H2,1H3,(H,27,31)(H,28,32)/t16-,19-,20-/m1/s1. The van der Waals surface area contributed by atoms with E-state index in [0.29, 0.717) is 46.5 Å². The first-order valence-corrected chi connectivity index (χ1v) is 12.4. The van der Waals surface area contributed by atoms with Gasteiger partial charge in [0.05, 0.1) is 9.21 Å². The second-order valence-corrected chi connectivity index (χ2v) is 9.93. The molecular formula is C25H26ClN3O4S. The molecule has 1 aliphatic rings. The lowest BCUT2D eigenvalue weighted by atomic mass is 10.1. The second kappa shape index (κ2) is 11.0. The number of nitrogens with zero attached hydrogens (tertiary/aromatic N) is 1. The molecule has 34 heavy (non-hydrogen) atoms. The molecule has 178 valence electrons. The van der Waals surface area contributed by atoms with Gasteiger partial charge in [-0.15, -0.1) is 11.3 Å². The second-order valence-electron chi connectivity index (χ2n) is 8.22. The Morgan fingerprint density at radius 2 is 1.74 bits per heavy atom. The number of carbonyl (C=O) groups is 2. The van der Waals surface area contributed by atoms with E-state index in [1.165, 1.54) is 22.0 Å². The molecule has 3 aromatic rings. The maximum atomic E-state index is 13.0. The Morgan fingerprint density at radius 3 is 2.35 bits per heavy atom. The fraction of sp³-hybridized carbons (Fsp3) is 0.320. The largest absolute Gasteiger partial charge is 0.381 e. The van der Waals surface area contributed by atoms with Crippen molar-refractivity contribution in [2.24, 2.45) is 5.92 Å². The summed E-state index contributed by atoms with van der Waals surface area (Å²) in [4.78, 5) is 38.3. The highest BCUT2D eigenvalue weighted by Crippen LogP contribution is 2.28. The summed E-state index contributed by atoms with van der Waals surface area (Å²) < 4.78 is 7.66. The highest BCUT2D eigenvalue weighted by molar-refractivity contribution is 7.18. The van der Waals surface area contributed by atoms with E-state index >= 15 is 0 Å². The molecule has 0 bridgehead atoms. The van der Waals surface area contributed by atoms with Crippen LogP contribution in [0.3, 0.4) is 0 Å². The zero-order valence-electron chi connectivity index (χ0n) is 18.7. The van der Waals surface area contributed by atoms with Crippen LogP contribution in [0.5, 0.6) is 0 Å². The third-order valence-corrected chi connectivity index (χ3v) is 7.11. The molecule has 4 rings (SSSR count). The molecule has 2 aromatic heterocycles. The fourth-order valence-corrected chi connectivity index (χ4v) is 5.17. The molecule has 2 heterocycles. The van der Waals surface area contributed by atoms with E-state index in [1.807, 2.05) is 6.92 Å². The van der Waals surface area contributed by atoms with E-state index in [4.69, 9.17) is 16.3 Å². The number of carbonyl (C=O) groups excluding carboxylic acids is 2. The minimum absolute atomic E-state index is 0.142. The van der Waals surface area contributed by atoms with Crippen molar-refractivity contribution < 1.29 is 14.3 Å². The van der Waals surface area contributed by atoms with Crippen LogP contribution in [0, 0.1) is 5.92 Å². The van der Waals surface area contributed by atoms with Gasteiger partial charge in [0, 0.05) is 48.8 Å². The van der Waals surface area contributed by atoms with Gasteiger partial charge in [0.2, 0.25) is 0 Å². The van der Waals surface area contributed by atoms with Crippen molar-refractivity contribution in [2.45, 2.75) is 31.8 Å². The van der Waals surface area contributed by atoms with Gasteiger partial charge in [-0.2, -0.15) is 0 Å². The lowest BCUT2D eigenvalue weighted by molar-refractivity contribution is 0.0894. The number of amides is 2. The highest BCUT2D eigenvalue weighted by atomic mass is 35.5. The Kier molecular flexibility index (Phi) is 7.82. The summed E-state index contributed by atoms with van der Waals surface area (Å²) in [5.41, 5.74) is 1.02. The van der Waals surface area contributed by atoms with Crippen LogP contribution in [0.2, 0.25) is 4.34 Å². The lowest BCUT2D eigenvalue weighted by Gasteiger charge is -2.22. The van der Waals surface area contributed by atoms with Gasteiger partial charge >= 0.3 is 0 Å². The molecule has 7 nitrogen and oxygen atoms in total. The number of ether oxygens (including phenoxy) is 1. The van der Waals surface area contributed by atoms with E-state index < -0.39 is 0 Å². The van der Waals surface area contributed by atoms with Gasteiger partial charge < -0.3 is 15.4 Å². The summed E-state index contributed by atoms with van der Waals surface area (Å²) >= 11 is 7.20. The van der Waals surface area contributed by atoms with Gasteiger partial charge in [-0.05, 0) is 68.1 Å². The number of hydrogen-bond acceptors (Lipinski definition) is 5. The average Bonchev–Trinajstić information content (AvgIpc) is 3.44. The third-order valence-electron chi connectivity index (χ3n) is 5.88. The molecule has 1 fully saturated rings. The number of halogens is 1. The first kappa shape index (κ1) is 24.2. The predicted molar refractivity (Wildman–Crippen MR) is 133 cm³/mol. The fourth-order valence-electron chi connectivity index (χ4n) is 4.22. The van der Waals surface area contributed by atoms with Crippen LogP contribution < -0.4 is 16.2 Å². The van der Waals surface area contributed by atoms with Crippen LogP contribution >= 0.6 is 22.9 Å². The number of aromatic nitrogens is 1. The molecule has 9 heteroatoms. The first-order valence-electron chi connectivity index (χ1n) is 11.2. The van der Waals surface area contributed by atoms with E-state index in [9.17, 15) is 14.4 Å². The van der Waals surface area contributed by atoms with Crippen LogP contribution in [0.25, 0.3) is 5.69 Å². The van der Waals surface area contributed by atoms with Crippen LogP contribution in [0.15, 0.2) is 65.6 Å². The zero-order chi connectivity index (χ0) is 24.1. The summed E-state index contributed by atoms with van der Waals surface area (Å²) in [6.45, 7) is 3.15. The maximum absolute atomic E-state index is 13.0. The van der Waals surface area contributed by atoms with Crippen molar-refractivity contribution in [2.75, 3.05) is 13.2 Å². The van der Waals surface area contributed by atoms with Gasteiger partial charge in [0.1, 0.15) is 0 Å². The Morgan fingerprint density at radius 1 is 1.03 bits per heavy atom.